The van der Waals surface area contributed by atoms with Crippen LogP contribution in [0.5, 0.6) is 5.75 Å². The van der Waals surface area contributed by atoms with E-state index >= 15 is 0 Å². The number of nitrogens with two attached hydrogens (primary N) is 1. The molecule has 2 rings (SSSR count). The van der Waals surface area contributed by atoms with E-state index in [1.807, 2.05) is 24.3 Å². The Balaban J connectivity index is 2.16. The molecule has 0 atom stereocenters. The van der Waals surface area contributed by atoms with Crippen molar-refractivity contribution >= 4 is 27.7 Å². The molecule has 0 unspecified atom stereocenters. The van der Waals surface area contributed by atoms with Crippen molar-refractivity contribution < 1.29 is 4.74 Å². The quantitative estimate of drug-likeness (QED) is 0.846. The van der Waals surface area contributed by atoms with Crippen LogP contribution in [-0.2, 0) is 12.3 Å². The van der Waals surface area contributed by atoms with Crippen LogP contribution < -0.4 is 10.5 Å². The molecular formula is C14H15BrN2OS. The fraction of sp³-hybridized carbons (Fsp3) is 0.214. The number of nitrogens with zero attached hydrogens (tertiary/aromatic N) is 1. The second-order valence-electron chi connectivity index (χ2n) is 3.93. The number of hydrogen-bond acceptors (Lipinski definition) is 4. The fourth-order valence-electron chi connectivity index (χ4n) is 1.70. The van der Waals surface area contributed by atoms with E-state index < -0.39 is 0 Å². The maximum atomic E-state index is 5.67. The molecule has 0 bridgehead atoms. The topological polar surface area (TPSA) is 48.1 Å². The van der Waals surface area contributed by atoms with Gasteiger partial charge in [0.05, 0.1) is 7.11 Å². The predicted molar refractivity (Wildman–Crippen MR) is 82.4 cm³/mol. The highest BCUT2D eigenvalue weighted by atomic mass is 79.9. The van der Waals surface area contributed by atoms with Crippen LogP contribution in [0.3, 0.4) is 0 Å². The smallest absolute Gasteiger partial charge is 0.122 e. The molecule has 0 aliphatic rings. The molecule has 0 aliphatic carbocycles. The van der Waals surface area contributed by atoms with Gasteiger partial charge in [-0.1, -0.05) is 6.07 Å². The second-order valence-corrected chi connectivity index (χ2v) is 5.75. The van der Waals surface area contributed by atoms with Gasteiger partial charge < -0.3 is 10.5 Å². The van der Waals surface area contributed by atoms with E-state index in [1.165, 1.54) is 0 Å². The molecule has 19 heavy (non-hydrogen) atoms. The predicted octanol–water partition coefficient (Wildman–Crippen LogP) is 3.60. The first-order valence-electron chi connectivity index (χ1n) is 5.83. The summed E-state index contributed by atoms with van der Waals surface area (Å²) in [6.07, 6.45) is 1.79. The van der Waals surface area contributed by atoms with Crippen LogP contribution in [0.1, 0.15) is 11.1 Å². The molecule has 2 N–H and O–H groups in total. The first-order valence-corrected chi connectivity index (χ1v) is 7.61. The molecule has 0 radical (unpaired) electrons. The summed E-state index contributed by atoms with van der Waals surface area (Å²) in [7, 11) is 1.68. The third-order valence-electron chi connectivity index (χ3n) is 2.67. The zero-order chi connectivity index (χ0) is 13.7. The summed E-state index contributed by atoms with van der Waals surface area (Å²) in [4.78, 5) is 4.34. The van der Waals surface area contributed by atoms with E-state index in [-0.39, 0.29) is 0 Å². The SMILES string of the molecule is COc1ccc(CN)cc1CSc1ncccc1Br. The lowest BCUT2D eigenvalue weighted by Crippen LogP contribution is -1.99. The van der Waals surface area contributed by atoms with Gasteiger partial charge in [0, 0.05) is 28.5 Å². The Hall–Kier alpha value is -1.04. The Morgan fingerprint density at radius 3 is 2.89 bits per heavy atom. The number of thioether (sulfide) groups is 1. The van der Waals surface area contributed by atoms with Crippen molar-refractivity contribution in [2.45, 2.75) is 17.3 Å². The highest BCUT2D eigenvalue weighted by molar-refractivity contribution is 9.10. The molecule has 0 saturated heterocycles. The Kier molecular flexibility index (Phi) is 5.24. The second kappa shape index (κ2) is 6.93. The molecule has 3 nitrogen and oxygen atoms in total. The molecule has 0 spiro atoms. The van der Waals surface area contributed by atoms with E-state index in [9.17, 15) is 0 Å². The molecule has 0 saturated carbocycles. The van der Waals surface area contributed by atoms with Gasteiger partial charge in [0.25, 0.3) is 0 Å². The summed E-state index contributed by atoms with van der Waals surface area (Å²) >= 11 is 5.17. The lowest BCUT2D eigenvalue weighted by molar-refractivity contribution is 0.411. The average molecular weight is 339 g/mol. The maximum Gasteiger partial charge on any atom is 0.122 e. The standard InChI is InChI=1S/C14H15BrN2OS/c1-18-13-5-4-10(8-16)7-11(13)9-19-14-12(15)3-2-6-17-14/h2-7H,8-9,16H2,1H3. The number of pyridine rings is 1. The van der Waals surface area contributed by atoms with Crippen molar-refractivity contribution in [2.24, 2.45) is 5.73 Å². The zero-order valence-electron chi connectivity index (χ0n) is 10.6. The number of benzene rings is 1. The highest BCUT2D eigenvalue weighted by Gasteiger charge is 2.07. The number of halogens is 1. The molecule has 0 fully saturated rings. The fourth-order valence-corrected chi connectivity index (χ4v) is 3.15. The monoisotopic (exact) mass is 338 g/mol. The Labute approximate surface area is 125 Å². The van der Waals surface area contributed by atoms with Gasteiger partial charge in [-0.15, -0.1) is 11.8 Å². The van der Waals surface area contributed by atoms with Crippen molar-refractivity contribution in [3.05, 3.63) is 52.1 Å². The largest absolute Gasteiger partial charge is 0.496 e. The maximum absolute atomic E-state index is 5.67. The van der Waals surface area contributed by atoms with Crippen molar-refractivity contribution in [2.75, 3.05) is 7.11 Å². The van der Waals surface area contributed by atoms with Crippen LogP contribution in [0.4, 0.5) is 0 Å². The van der Waals surface area contributed by atoms with Gasteiger partial charge in [-0.2, -0.15) is 0 Å². The third kappa shape index (κ3) is 3.72. The van der Waals surface area contributed by atoms with Crippen LogP contribution in [0.15, 0.2) is 46.0 Å². The van der Waals surface area contributed by atoms with E-state index in [2.05, 4.69) is 27.0 Å². The Bertz CT molecular complexity index is 563. The van der Waals surface area contributed by atoms with E-state index in [1.54, 1.807) is 25.1 Å². The van der Waals surface area contributed by atoms with E-state index in [0.717, 1.165) is 32.1 Å². The number of aromatic nitrogens is 1. The minimum absolute atomic E-state index is 0.537. The minimum atomic E-state index is 0.537. The minimum Gasteiger partial charge on any atom is -0.496 e. The normalized spacial score (nSPS) is 10.5. The number of methoxy groups -OCH3 is 1. The van der Waals surface area contributed by atoms with Gasteiger partial charge in [0.2, 0.25) is 0 Å². The highest BCUT2D eigenvalue weighted by Crippen LogP contribution is 2.31. The zero-order valence-corrected chi connectivity index (χ0v) is 13.0. The summed E-state index contributed by atoms with van der Waals surface area (Å²) in [5.74, 6) is 1.68. The lowest BCUT2D eigenvalue weighted by atomic mass is 10.1. The van der Waals surface area contributed by atoms with Crippen molar-refractivity contribution in [1.82, 2.24) is 4.98 Å². The molecule has 5 heteroatoms. The average Bonchev–Trinajstić information content (AvgIpc) is 2.46. The molecule has 0 amide bonds. The van der Waals surface area contributed by atoms with Crippen LogP contribution in [0.25, 0.3) is 0 Å². The Morgan fingerprint density at radius 1 is 1.37 bits per heavy atom. The molecular weight excluding hydrogens is 324 g/mol. The first kappa shape index (κ1) is 14.4. The summed E-state index contributed by atoms with van der Waals surface area (Å²) in [6.45, 7) is 0.537. The third-order valence-corrected chi connectivity index (χ3v) is 4.63. The molecule has 1 aromatic heterocycles. The van der Waals surface area contributed by atoms with Crippen LogP contribution in [-0.4, -0.2) is 12.1 Å². The first-order chi connectivity index (χ1) is 9.24. The Morgan fingerprint density at radius 2 is 2.21 bits per heavy atom. The molecule has 2 aromatic rings. The van der Waals surface area contributed by atoms with Crippen molar-refractivity contribution in [1.29, 1.82) is 0 Å². The lowest BCUT2D eigenvalue weighted by Gasteiger charge is -2.10. The van der Waals surface area contributed by atoms with Gasteiger partial charge in [0.15, 0.2) is 0 Å². The van der Waals surface area contributed by atoms with Crippen LogP contribution in [0.2, 0.25) is 0 Å². The summed E-state index contributed by atoms with van der Waals surface area (Å²) in [6, 6.07) is 9.94. The molecule has 1 heterocycles. The van der Waals surface area contributed by atoms with Crippen molar-refractivity contribution in [3.63, 3.8) is 0 Å². The van der Waals surface area contributed by atoms with Crippen LogP contribution >= 0.6 is 27.7 Å². The number of rotatable bonds is 5. The molecule has 1 aromatic carbocycles. The summed E-state index contributed by atoms with van der Waals surface area (Å²) in [5, 5.41) is 0.975. The molecule has 100 valence electrons. The van der Waals surface area contributed by atoms with Gasteiger partial charge in [-0.05, 0) is 45.8 Å². The van der Waals surface area contributed by atoms with Gasteiger partial charge in [-0.3, -0.25) is 0 Å². The van der Waals surface area contributed by atoms with E-state index in [0.29, 0.717) is 6.54 Å². The van der Waals surface area contributed by atoms with Crippen LogP contribution in [0, 0.1) is 0 Å². The van der Waals surface area contributed by atoms with Gasteiger partial charge in [0.1, 0.15) is 10.8 Å². The summed E-state index contributed by atoms with van der Waals surface area (Å²) < 4.78 is 6.39. The number of hydrogen-bond donors (Lipinski definition) is 1. The van der Waals surface area contributed by atoms with Crippen molar-refractivity contribution in [3.8, 4) is 5.75 Å². The van der Waals surface area contributed by atoms with Gasteiger partial charge >= 0.3 is 0 Å². The summed E-state index contributed by atoms with van der Waals surface area (Å²) in [5.41, 5.74) is 7.91. The van der Waals surface area contributed by atoms with E-state index in [4.69, 9.17) is 10.5 Å². The molecule has 0 aliphatic heterocycles. The van der Waals surface area contributed by atoms with Gasteiger partial charge in [-0.25, -0.2) is 4.98 Å². The number of ether oxygens (including phenoxy) is 1.